The van der Waals surface area contributed by atoms with Crippen molar-refractivity contribution in [2.24, 2.45) is 0 Å². The van der Waals surface area contributed by atoms with E-state index in [4.69, 9.17) is 4.42 Å². The molecule has 4 aromatic rings. The Labute approximate surface area is 161 Å². The molecule has 2 heterocycles. The molecule has 0 aliphatic carbocycles. The standard InChI is InChI=1S/C20H13F4N3O2/c21-12-4-6-17(14(22)9-12)27(10-13-2-1-7-29-13)20(28)11-3-5-15-16(8-11)26-19(25-15)18(23)24/h1-9,18H,10H2,(H,25,26). The van der Waals surface area contributed by atoms with Gasteiger partial charge in [0.2, 0.25) is 0 Å². The lowest BCUT2D eigenvalue weighted by Crippen LogP contribution is -2.31. The number of carbonyl (C=O) groups excluding carboxylic acids is 1. The third-order valence-corrected chi connectivity index (χ3v) is 4.29. The van der Waals surface area contributed by atoms with Crippen LogP contribution >= 0.6 is 0 Å². The largest absolute Gasteiger partial charge is 0.467 e. The number of furan rings is 1. The number of imidazole rings is 1. The number of benzene rings is 2. The Bertz CT molecular complexity index is 1170. The average molecular weight is 403 g/mol. The molecule has 0 aliphatic heterocycles. The number of aromatic amines is 1. The van der Waals surface area contributed by atoms with Gasteiger partial charge in [-0.1, -0.05) is 0 Å². The predicted octanol–water partition coefficient (Wildman–Crippen LogP) is 5.22. The van der Waals surface area contributed by atoms with Gasteiger partial charge in [0.05, 0.1) is 29.5 Å². The number of rotatable bonds is 5. The van der Waals surface area contributed by atoms with Crippen molar-refractivity contribution in [2.75, 3.05) is 4.90 Å². The molecule has 1 N–H and O–H groups in total. The van der Waals surface area contributed by atoms with Crippen molar-refractivity contribution in [3.8, 4) is 0 Å². The second kappa shape index (κ2) is 7.42. The number of H-pyrrole nitrogens is 1. The number of carbonyl (C=O) groups is 1. The van der Waals surface area contributed by atoms with E-state index in [0.717, 1.165) is 17.0 Å². The van der Waals surface area contributed by atoms with E-state index in [2.05, 4.69) is 9.97 Å². The molecular formula is C20H13F4N3O2. The highest BCUT2D eigenvalue weighted by Gasteiger charge is 2.23. The first-order chi connectivity index (χ1) is 13.9. The predicted molar refractivity (Wildman–Crippen MR) is 96.6 cm³/mol. The van der Waals surface area contributed by atoms with E-state index in [1.54, 1.807) is 12.1 Å². The van der Waals surface area contributed by atoms with E-state index >= 15 is 0 Å². The number of nitrogens with zero attached hydrogens (tertiary/aromatic N) is 2. The molecule has 0 unspecified atom stereocenters. The lowest BCUT2D eigenvalue weighted by molar-refractivity contribution is 0.0982. The third-order valence-electron chi connectivity index (χ3n) is 4.29. The minimum atomic E-state index is -2.79. The van der Waals surface area contributed by atoms with Gasteiger partial charge in [0.25, 0.3) is 12.3 Å². The second-order valence-corrected chi connectivity index (χ2v) is 6.22. The summed E-state index contributed by atoms with van der Waals surface area (Å²) in [4.78, 5) is 20.4. The fourth-order valence-corrected chi connectivity index (χ4v) is 2.95. The molecule has 0 aliphatic rings. The lowest BCUT2D eigenvalue weighted by Gasteiger charge is -2.22. The Hall–Kier alpha value is -3.62. The molecular weight excluding hydrogens is 390 g/mol. The molecule has 148 valence electrons. The number of nitrogens with one attached hydrogen (secondary N) is 1. The summed E-state index contributed by atoms with van der Waals surface area (Å²) < 4.78 is 58.7. The molecule has 0 spiro atoms. The maximum Gasteiger partial charge on any atom is 0.295 e. The number of fused-ring (bicyclic) bond motifs is 1. The number of alkyl halides is 2. The summed E-state index contributed by atoms with van der Waals surface area (Å²) >= 11 is 0. The van der Waals surface area contributed by atoms with Gasteiger partial charge in [-0.2, -0.15) is 0 Å². The van der Waals surface area contributed by atoms with Gasteiger partial charge in [0.15, 0.2) is 5.82 Å². The minimum absolute atomic E-state index is 0.109. The number of hydrogen-bond acceptors (Lipinski definition) is 3. The van der Waals surface area contributed by atoms with Crippen LogP contribution in [0.5, 0.6) is 0 Å². The smallest absolute Gasteiger partial charge is 0.295 e. The summed E-state index contributed by atoms with van der Waals surface area (Å²) in [6.45, 7) is -0.113. The van der Waals surface area contributed by atoms with Gasteiger partial charge in [0.1, 0.15) is 17.4 Å². The van der Waals surface area contributed by atoms with Crippen molar-refractivity contribution in [3.63, 3.8) is 0 Å². The number of amides is 1. The van der Waals surface area contributed by atoms with Crippen molar-refractivity contribution >= 4 is 22.6 Å². The van der Waals surface area contributed by atoms with Gasteiger partial charge in [-0.25, -0.2) is 22.5 Å². The fraction of sp³-hybridized carbons (Fsp3) is 0.100. The molecule has 0 bridgehead atoms. The zero-order valence-electron chi connectivity index (χ0n) is 14.7. The summed E-state index contributed by atoms with van der Waals surface area (Å²) in [6.07, 6.45) is -1.38. The quantitative estimate of drug-likeness (QED) is 0.465. The molecule has 0 saturated heterocycles. The summed E-state index contributed by atoms with van der Waals surface area (Å²) in [5, 5.41) is 0. The first kappa shape index (κ1) is 18.7. The van der Waals surface area contributed by atoms with E-state index in [9.17, 15) is 22.4 Å². The maximum atomic E-state index is 14.4. The van der Waals surface area contributed by atoms with Crippen LogP contribution in [-0.2, 0) is 6.54 Å². The highest BCUT2D eigenvalue weighted by Crippen LogP contribution is 2.26. The fourth-order valence-electron chi connectivity index (χ4n) is 2.95. The van der Waals surface area contributed by atoms with E-state index in [1.165, 1.54) is 24.5 Å². The zero-order valence-corrected chi connectivity index (χ0v) is 14.7. The molecule has 0 radical (unpaired) electrons. The third kappa shape index (κ3) is 3.71. The topological polar surface area (TPSA) is 62.1 Å². The van der Waals surface area contributed by atoms with E-state index in [1.807, 2.05) is 0 Å². The Morgan fingerprint density at radius 1 is 1.14 bits per heavy atom. The Kier molecular flexibility index (Phi) is 4.79. The highest BCUT2D eigenvalue weighted by molar-refractivity contribution is 6.07. The van der Waals surface area contributed by atoms with Gasteiger partial charge >= 0.3 is 0 Å². The van der Waals surface area contributed by atoms with Crippen LogP contribution in [0, 0.1) is 11.6 Å². The van der Waals surface area contributed by atoms with Gasteiger partial charge in [-0.3, -0.25) is 9.69 Å². The Balaban J connectivity index is 1.75. The SMILES string of the molecule is O=C(c1ccc2nc(C(F)F)[nH]c2c1)N(Cc1ccco1)c1ccc(F)cc1F. The second-order valence-electron chi connectivity index (χ2n) is 6.22. The van der Waals surface area contributed by atoms with Crippen molar-refractivity contribution < 1.29 is 26.8 Å². The zero-order chi connectivity index (χ0) is 20.5. The summed E-state index contributed by atoms with van der Waals surface area (Å²) in [7, 11) is 0. The van der Waals surface area contributed by atoms with Crippen LogP contribution in [0.3, 0.4) is 0 Å². The van der Waals surface area contributed by atoms with Gasteiger partial charge in [-0.15, -0.1) is 0 Å². The monoisotopic (exact) mass is 403 g/mol. The van der Waals surface area contributed by atoms with Crippen LogP contribution < -0.4 is 4.90 Å². The van der Waals surface area contributed by atoms with Crippen LogP contribution in [0.25, 0.3) is 11.0 Å². The van der Waals surface area contributed by atoms with Gasteiger partial charge in [0, 0.05) is 11.6 Å². The van der Waals surface area contributed by atoms with Crippen molar-refractivity contribution in [3.05, 3.63) is 83.6 Å². The number of aromatic nitrogens is 2. The van der Waals surface area contributed by atoms with Crippen LogP contribution in [0.15, 0.2) is 59.2 Å². The van der Waals surface area contributed by atoms with E-state index < -0.39 is 29.8 Å². The lowest BCUT2D eigenvalue weighted by atomic mass is 10.1. The Morgan fingerprint density at radius 2 is 1.97 bits per heavy atom. The molecule has 0 fully saturated rings. The van der Waals surface area contributed by atoms with Crippen LogP contribution in [0.1, 0.15) is 28.4 Å². The minimum Gasteiger partial charge on any atom is -0.467 e. The number of anilines is 1. The molecule has 2 aromatic carbocycles. The van der Waals surface area contributed by atoms with Gasteiger partial charge in [-0.05, 0) is 42.5 Å². The summed E-state index contributed by atoms with van der Waals surface area (Å²) in [6, 6.07) is 10.2. The molecule has 4 rings (SSSR count). The van der Waals surface area contributed by atoms with Crippen molar-refractivity contribution in [1.29, 1.82) is 0 Å². The molecule has 29 heavy (non-hydrogen) atoms. The molecule has 0 atom stereocenters. The summed E-state index contributed by atoms with van der Waals surface area (Å²) in [5.74, 6) is -2.46. The molecule has 0 saturated carbocycles. The molecule has 1 amide bonds. The van der Waals surface area contributed by atoms with Crippen LogP contribution in [0.4, 0.5) is 23.2 Å². The average Bonchev–Trinajstić information content (AvgIpc) is 3.35. The Morgan fingerprint density at radius 3 is 2.66 bits per heavy atom. The number of hydrogen-bond donors (Lipinski definition) is 1. The van der Waals surface area contributed by atoms with E-state index in [0.29, 0.717) is 11.8 Å². The van der Waals surface area contributed by atoms with E-state index in [-0.39, 0.29) is 28.8 Å². The number of halogens is 4. The van der Waals surface area contributed by atoms with Crippen molar-refractivity contribution in [2.45, 2.75) is 13.0 Å². The molecule has 2 aromatic heterocycles. The van der Waals surface area contributed by atoms with Crippen molar-refractivity contribution in [1.82, 2.24) is 9.97 Å². The normalized spacial score (nSPS) is 11.3. The maximum absolute atomic E-state index is 14.4. The first-order valence-corrected chi connectivity index (χ1v) is 8.49. The van der Waals surface area contributed by atoms with Crippen LogP contribution in [-0.4, -0.2) is 15.9 Å². The molecule has 5 nitrogen and oxygen atoms in total. The highest BCUT2D eigenvalue weighted by atomic mass is 19.3. The van der Waals surface area contributed by atoms with Crippen LogP contribution in [0.2, 0.25) is 0 Å². The van der Waals surface area contributed by atoms with Gasteiger partial charge < -0.3 is 9.40 Å². The molecule has 9 heteroatoms. The first-order valence-electron chi connectivity index (χ1n) is 8.49. The summed E-state index contributed by atoms with van der Waals surface area (Å²) in [5.41, 5.74) is 0.467.